The van der Waals surface area contributed by atoms with E-state index < -0.39 is 27.1 Å². The van der Waals surface area contributed by atoms with Crippen molar-refractivity contribution in [2.75, 3.05) is 12.3 Å². The zero-order valence-corrected chi connectivity index (χ0v) is 11.4. The summed E-state index contributed by atoms with van der Waals surface area (Å²) in [6.45, 7) is 3.32. The smallest absolute Gasteiger partial charge is 0.342 e. The minimum Gasteiger partial charge on any atom is -0.477 e. The van der Waals surface area contributed by atoms with Gasteiger partial charge in [-0.15, -0.1) is 0 Å². The van der Waals surface area contributed by atoms with Crippen molar-refractivity contribution in [3.8, 4) is 0 Å². The maximum absolute atomic E-state index is 11.7. The lowest BCUT2D eigenvalue weighted by Crippen LogP contribution is -2.33. The highest BCUT2D eigenvalue weighted by atomic mass is 32.2. The second kappa shape index (κ2) is 5.93. The van der Waals surface area contributed by atoms with Crippen LogP contribution in [0.25, 0.3) is 0 Å². The molecular formula is C10H15N3O5S. The molecule has 0 bridgehead atoms. The summed E-state index contributed by atoms with van der Waals surface area (Å²) >= 11 is 0. The lowest BCUT2D eigenvalue weighted by atomic mass is 10.3. The van der Waals surface area contributed by atoms with E-state index in [1.165, 1.54) is 6.92 Å². The topological polar surface area (TPSA) is 120 Å². The van der Waals surface area contributed by atoms with Gasteiger partial charge < -0.3 is 10.1 Å². The number of hydrogen-bond acceptors (Lipinski definition) is 5. The summed E-state index contributed by atoms with van der Waals surface area (Å²) in [7, 11) is -3.39. The molecule has 0 aliphatic rings. The lowest BCUT2D eigenvalue weighted by molar-refractivity contribution is 0.0694. The molecule has 0 unspecified atom stereocenters. The monoisotopic (exact) mass is 289 g/mol. The third-order valence-electron chi connectivity index (χ3n) is 2.52. The second-order valence-corrected chi connectivity index (χ2v) is 5.96. The van der Waals surface area contributed by atoms with Crippen molar-refractivity contribution in [1.82, 2.24) is 14.3 Å². The van der Waals surface area contributed by atoms with Gasteiger partial charge in [0.25, 0.3) is 5.56 Å². The van der Waals surface area contributed by atoms with Crippen molar-refractivity contribution in [3.05, 3.63) is 27.9 Å². The molecule has 0 radical (unpaired) electrons. The van der Waals surface area contributed by atoms with Gasteiger partial charge >= 0.3 is 5.97 Å². The second-order valence-electron chi connectivity index (χ2n) is 3.70. The van der Waals surface area contributed by atoms with Crippen molar-refractivity contribution in [1.29, 1.82) is 0 Å². The largest absolute Gasteiger partial charge is 0.477 e. The molecule has 1 rings (SSSR count). The third kappa shape index (κ3) is 3.61. The van der Waals surface area contributed by atoms with Crippen LogP contribution in [-0.4, -0.2) is 46.1 Å². The number of carboxylic acids is 1. The number of aromatic amines is 1. The summed E-state index contributed by atoms with van der Waals surface area (Å²) in [6.07, 6.45) is 0.920. The van der Waals surface area contributed by atoms with Gasteiger partial charge in [0.15, 0.2) is 0 Å². The standard InChI is InChI=1S/C10H15N3O5S/c1-3-13(19(17,18)4-2)6-8-11-5-7(10(15)16)9(14)12-8/h5H,3-4,6H2,1-2H3,(H,15,16)(H,11,12,14). The number of nitrogens with one attached hydrogen (secondary N) is 1. The van der Waals surface area contributed by atoms with Crippen LogP contribution in [0.1, 0.15) is 30.0 Å². The highest BCUT2D eigenvalue weighted by molar-refractivity contribution is 7.89. The van der Waals surface area contributed by atoms with E-state index in [-0.39, 0.29) is 24.7 Å². The Balaban J connectivity index is 3.03. The summed E-state index contributed by atoms with van der Waals surface area (Å²) in [4.78, 5) is 28.1. The number of aromatic nitrogens is 2. The van der Waals surface area contributed by atoms with E-state index in [1.807, 2.05) is 0 Å². The molecule has 1 aromatic heterocycles. The first-order chi connectivity index (χ1) is 8.81. The summed E-state index contributed by atoms with van der Waals surface area (Å²) in [5.74, 6) is -1.33. The van der Waals surface area contributed by atoms with Gasteiger partial charge in [0.2, 0.25) is 10.0 Å². The SMILES string of the molecule is CCN(Cc1ncc(C(=O)O)c(=O)[nH]1)S(=O)(=O)CC. The van der Waals surface area contributed by atoms with Crippen LogP contribution in [0, 0.1) is 0 Å². The maximum atomic E-state index is 11.7. The van der Waals surface area contributed by atoms with Crippen LogP contribution in [0.5, 0.6) is 0 Å². The number of nitrogens with zero attached hydrogens (tertiary/aromatic N) is 2. The van der Waals surface area contributed by atoms with E-state index in [1.54, 1.807) is 6.92 Å². The van der Waals surface area contributed by atoms with Gasteiger partial charge in [-0.25, -0.2) is 18.2 Å². The number of carbonyl (C=O) groups is 1. The van der Waals surface area contributed by atoms with Crippen LogP contribution in [0.3, 0.4) is 0 Å². The van der Waals surface area contributed by atoms with Crippen LogP contribution >= 0.6 is 0 Å². The van der Waals surface area contributed by atoms with Gasteiger partial charge in [0.05, 0.1) is 12.3 Å². The molecule has 106 valence electrons. The van der Waals surface area contributed by atoms with Crippen LogP contribution in [0.2, 0.25) is 0 Å². The molecule has 0 atom stereocenters. The first-order valence-corrected chi connectivity index (χ1v) is 7.22. The number of rotatable bonds is 6. The Morgan fingerprint density at radius 3 is 2.53 bits per heavy atom. The van der Waals surface area contributed by atoms with Gasteiger partial charge in [-0.05, 0) is 6.92 Å². The molecule has 0 aromatic carbocycles. The Labute approximate surface area is 110 Å². The number of H-pyrrole nitrogens is 1. The number of carboxylic acid groups (broad SMARTS) is 1. The van der Waals surface area contributed by atoms with Gasteiger partial charge in [0.1, 0.15) is 11.4 Å². The van der Waals surface area contributed by atoms with Crippen LogP contribution < -0.4 is 5.56 Å². The minimum absolute atomic E-state index is 0.0573. The Morgan fingerprint density at radius 2 is 2.11 bits per heavy atom. The molecule has 0 aliphatic carbocycles. The fraction of sp³-hybridized carbons (Fsp3) is 0.500. The van der Waals surface area contributed by atoms with Crippen LogP contribution in [0.15, 0.2) is 11.0 Å². The van der Waals surface area contributed by atoms with Gasteiger partial charge in [-0.3, -0.25) is 4.79 Å². The Hall–Kier alpha value is -1.74. The summed E-state index contributed by atoms with van der Waals surface area (Å²) < 4.78 is 24.6. The highest BCUT2D eigenvalue weighted by Crippen LogP contribution is 2.05. The normalized spacial score (nSPS) is 11.7. The molecular weight excluding hydrogens is 274 g/mol. The molecule has 0 amide bonds. The highest BCUT2D eigenvalue weighted by Gasteiger charge is 2.20. The predicted octanol–water partition coefficient (Wildman–Crippen LogP) is -0.360. The van der Waals surface area contributed by atoms with Gasteiger partial charge in [-0.2, -0.15) is 4.31 Å². The molecule has 0 saturated heterocycles. The van der Waals surface area contributed by atoms with Gasteiger partial charge in [0, 0.05) is 12.7 Å². The Bertz CT molecular complexity index is 622. The first kappa shape index (κ1) is 15.3. The Kier molecular flexibility index (Phi) is 4.78. The fourth-order valence-electron chi connectivity index (χ4n) is 1.42. The van der Waals surface area contributed by atoms with Crippen molar-refractivity contribution >= 4 is 16.0 Å². The van der Waals surface area contributed by atoms with E-state index in [0.717, 1.165) is 10.5 Å². The summed E-state index contributed by atoms with van der Waals surface area (Å²) in [5.41, 5.74) is -1.28. The van der Waals surface area contributed by atoms with E-state index in [0.29, 0.717) is 0 Å². The zero-order chi connectivity index (χ0) is 14.6. The van der Waals surface area contributed by atoms with Crippen LogP contribution in [0.4, 0.5) is 0 Å². The summed E-state index contributed by atoms with van der Waals surface area (Å²) in [5, 5.41) is 8.69. The lowest BCUT2D eigenvalue weighted by Gasteiger charge is -2.18. The molecule has 0 saturated carbocycles. The summed E-state index contributed by atoms with van der Waals surface area (Å²) in [6, 6.07) is 0. The minimum atomic E-state index is -3.39. The van der Waals surface area contributed by atoms with E-state index in [4.69, 9.17) is 5.11 Å². The number of aromatic carboxylic acids is 1. The zero-order valence-electron chi connectivity index (χ0n) is 10.6. The first-order valence-electron chi connectivity index (χ1n) is 5.61. The van der Waals surface area contributed by atoms with E-state index >= 15 is 0 Å². The maximum Gasteiger partial charge on any atom is 0.342 e. The third-order valence-corrected chi connectivity index (χ3v) is 4.42. The van der Waals surface area contributed by atoms with Crippen molar-refractivity contribution < 1.29 is 18.3 Å². The number of hydrogen-bond donors (Lipinski definition) is 2. The molecule has 0 fully saturated rings. The molecule has 0 spiro atoms. The van der Waals surface area contributed by atoms with Crippen molar-refractivity contribution in [3.63, 3.8) is 0 Å². The quantitative estimate of drug-likeness (QED) is 0.737. The Morgan fingerprint density at radius 1 is 1.47 bits per heavy atom. The van der Waals surface area contributed by atoms with Gasteiger partial charge in [-0.1, -0.05) is 6.92 Å². The molecule has 8 nitrogen and oxygen atoms in total. The molecule has 2 N–H and O–H groups in total. The van der Waals surface area contributed by atoms with Crippen molar-refractivity contribution in [2.45, 2.75) is 20.4 Å². The molecule has 1 aromatic rings. The average Bonchev–Trinajstić information content (AvgIpc) is 2.35. The van der Waals surface area contributed by atoms with E-state index in [2.05, 4.69) is 9.97 Å². The van der Waals surface area contributed by atoms with Crippen molar-refractivity contribution in [2.24, 2.45) is 0 Å². The fourth-order valence-corrected chi connectivity index (χ4v) is 2.50. The molecule has 0 aliphatic heterocycles. The molecule has 19 heavy (non-hydrogen) atoms. The van der Waals surface area contributed by atoms with E-state index in [9.17, 15) is 18.0 Å². The predicted molar refractivity (Wildman–Crippen MR) is 67.4 cm³/mol. The molecule has 1 heterocycles. The number of sulfonamides is 1. The van der Waals surface area contributed by atoms with Crippen LogP contribution in [-0.2, 0) is 16.6 Å². The average molecular weight is 289 g/mol. The molecule has 9 heteroatoms.